The molecule has 0 saturated heterocycles. The molecule has 0 atom stereocenters. The first-order valence-corrected chi connectivity index (χ1v) is 4.36. The molecule has 2 heteroatoms. The number of hydrogen-bond acceptors (Lipinski definition) is 1. The van der Waals surface area contributed by atoms with Crippen LogP contribution in [0.5, 0.6) is 0 Å². The fourth-order valence-corrected chi connectivity index (χ4v) is 1.99. The maximum Gasteiger partial charge on any atom is 0.331 e. The highest BCUT2D eigenvalue weighted by Crippen LogP contribution is 2.45. The maximum atomic E-state index is 10.8. The lowest BCUT2D eigenvalue weighted by molar-refractivity contribution is -0.132. The number of rotatable bonds is 2. The second kappa shape index (κ2) is 2.47. The molecule has 1 N–H and O–H groups in total. The van der Waals surface area contributed by atoms with Crippen molar-refractivity contribution in [2.24, 2.45) is 0 Å². The van der Waals surface area contributed by atoms with Crippen LogP contribution in [0.25, 0.3) is 0 Å². The predicted octanol–water partition coefficient (Wildman–Crippen LogP) is 2.27. The van der Waals surface area contributed by atoms with E-state index in [-0.39, 0.29) is 0 Å². The summed E-state index contributed by atoms with van der Waals surface area (Å²) in [6.45, 7) is 2.10. The van der Waals surface area contributed by atoms with Crippen molar-refractivity contribution in [2.75, 3.05) is 0 Å². The van der Waals surface area contributed by atoms with Gasteiger partial charge >= 0.3 is 5.97 Å². The first-order chi connectivity index (χ1) is 5.72. The molecule has 12 heavy (non-hydrogen) atoms. The lowest BCUT2D eigenvalue weighted by Gasteiger charge is -2.33. The van der Waals surface area contributed by atoms with E-state index in [1.165, 1.54) is 11.1 Å². The van der Waals surface area contributed by atoms with Gasteiger partial charge in [-0.05, 0) is 19.3 Å². The number of carboxylic acid groups (broad SMARTS) is 1. The van der Waals surface area contributed by atoms with E-state index in [9.17, 15) is 4.79 Å². The average Bonchev–Trinajstić information content (AvgIpc) is 2.01. The second-order valence-electron chi connectivity index (χ2n) is 3.48. The zero-order valence-electron chi connectivity index (χ0n) is 7.18. The van der Waals surface area contributed by atoms with Crippen LogP contribution in [0.15, 0.2) is 22.3 Å². The largest absolute Gasteiger partial charge is 0.478 e. The number of aliphatic carboxylic acids is 1. The zero-order chi connectivity index (χ0) is 8.72. The van der Waals surface area contributed by atoms with Crippen LogP contribution in [0.2, 0.25) is 0 Å². The van der Waals surface area contributed by atoms with Crippen LogP contribution in [0.3, 0.4) is 0 Å². The van der Waals surface area contributed by atoms with Gasteiger partial charge in [0.15, 0.2) is 0 Å². The molecule has 0 aromatic carbocycles. The first kappa shape index (κ1) is 7.59. The van der Waals surface area contributed by atoms with Gasteiger partial charge in [-0.15, -0.1) is 0 Å². The lowest BCUT2D eigenvalue weighted by Crippen LogP contribution is -2.19. The number of carbonyl (C=O) groups is 1. The number of fused-ring (bicyclic) bond motifs is 2. The Labute approximate surface area is 71.6 Å². The van der Waals surface area contributed by atoms with E-state index in [1.54, 1.807) is 0 Å². The quantitative estimate of drug-likeness (QED) is 0.635. The standard InChI is InChI=1S/C10H12O2/c1-2-6-5-9(10(11)12)8-3-7(6)4-8/h2-5H2,1H3,(H,11,12). The monoisotopic (exact) mass is 164 g/mol. The Balaban J connectivity index is 2.27. The molecule has 0 radical (unpaired) electrons. The smallest absolute Gasteiger partial charge is 0.331 e. The van der Waals surface area contributed by atoms with Crippen LogP contribution in [0.1, 0.15) is 32.6 Å². The van der Waals surface area contributed by atoms with Gasteiger partial charge in [0.05, 0.1) is 0 Å². The molecule has 1 fully saturated rings. The summed E-state index contributed by atoms with van der Waals surface area (Å²) in [5, 5.41) is 8.87. The van der Waals surface area contributed by atoms with Crippen molar-refractivity contribution < 1.29 is 9.90 Å². The highest BCUT2D eigenvalue weighted by molar-refractivity contribution is 5.89. The van der Waals surface area contributed by atoms with Crippen LogP contribution >= 0.6 is 0 Å². The van der Waals surface area contributed by atoms with Crippen LogP contribution in [0, 0.1) is 0 Å². The summed E-state index contributed by atoms with van der Waals surface area (Å²) >= 11 is 0. The predicted molar refractivity (Wildman–Crippen MR) is 45.8 cm³/mol. The average molecular weight is 164 g/mol. The minimum absolute atomic E-state index is 0.668. The Hall–Kier alpha value is -1.05. The van der Waals surface area contributed by atoms with E-state index in [1.807, 2.05) is 0 Å². The van der Waals surface area contributed by atoms with Crippen LogP contribution in [0.4, 0.5) is 0 Å². The Kier molecular flexibility index (Phi) is 1.56. The van der Waals surface area contributed by atoms with E-state index in [2.05, 4.69) is 6.92 Å². The maximum absolute atomic E-state index is 10.8. The minimum atomic E-state index is -0.713. The Bertz CT molecular complexity index is 298. The molecule has 3 rings (SSSR count). The SMILES string of the molecule is CCC1=C2CC(=C(C(=O)O)C1)C2. The van der Waals surface area contributed by atoms with Crippen LogP contribution < -0.4 is 0 Å². The normalized spacial score (nSPS) is 21.1. The van der Waals surface area contributed by atoms with E-state index in [4.69, 9.17) is 5.11 Å². The molecule has 0 aromatic rings. The summed E-state index contributed by atoms with van der Waals surface area (Å²) in [4.78, 5) is 10.8. The minimum Gasteiger partial charge on any atom is -0.478 e. The summed E-state index contributed by atoms with van der Waals surface area (Å²) in [6, 6.07) is 0. The van der Waals surface area contributed by atoms with Gasteiger partial charge in [-0.3, -0.25) is 0 Å². The Morgan fingerprint density at radius 3 is 2.50 bits per heavy atom. The van der Waals surface area contributed by atoms with Gasteiger partial charge < -0.3 is 5.11 Å². The fraction of sp³-hybridized carbons (Fsp3) is 0.500. The van der Waals surface area contributed by atoms with Gasteiger partial charge in [0.25, 0.3) is 0 Å². The molecule has 0 unspecified atom stereocenters. The van der Waals surface area contributed by atoms with E-state index in [0.29, 0.717) is 12.0 Å². The molecule has 3 aliphatic carbocycles. The molecule has 64 valence electrons. The van der Waals surface area contributed by atoms with Crippen LogP contribution in [-0.2, 0) is 4.79 Å². The summed E-state index contributed by atoms with van der Waals surface area (Å²) in [6.07, 6.45) is 3.62. The van der Waals surface area contributed by atoms with Crippen molar-refractivity contribution in [3.8, 4) is 0 Å². The molecule has 2 bridgehead atoms. The summed E-state index contributed by atoms with van der Waals surface area (Å²) in [7, 11) is 0. The summed E-state index contributed by atoms with van der Waals surface area (Å²) in [5.74, 6) is -0.713. The van der Waals surface area contributed by atoms with Crippen molar-refractivity contribution in [3.63, 3.8) is 0 Å². The fourth-order valence-electron chi connectivity index (χ4n) is 1.99. The number of carboxylic acids is 1. The number of hydrogen-bond donors (Lipinski definition) is 1. The molecular formula is C10H12O2. The van der Waals surface area contributed by atoms with Gasteiger partial charge in [-0.1, -0.05) is 23.6 Å². The van der Waals surface area contributed by atoms with Gasteiger partial charge in [0, 0.05) is 12.0 Å². The van der Waals surface area contributed by atoms with E-state index >= 15 is 0 Å². The highest BCUT2D eigenvalue weighted by atomic mass is 16.4. The first-order valence-electron chi connectivity index (χ1n) is 4.36. The molecule has 0 aromatic heterocycles. The zero-order valence-corrected chi connectivity index (χ0v) is 7.18. The molecule has 1 saturated carbocycles. The van der Waals surface area contributed by atoms with Crippen molar-refractivity contribution >= 4 is 5.97 Å². The van der Waals surface area contributed by atoms with Crippen molar-refractivity contribution in [2.45, 2.75) is 32.6 Å². The molecular weight excluding hydrogens is 152 g/mol. The molecule has 0 heterocycles. The molecule has 0 spiro atoms. The number of allylic oxidation sites excluding steroid dienone is 3. The lowest BCUT2D eigenvalue weighted by atomic mass is 9.72. The Morgan fingerprint density at radius 2 is 2.00 bits per heavy atom. The third-order valence-electron chi connectivity index (χ3n) is 2.86. The van der Waals surface area contributed by atoms with E-state index < -0.39 is 5.97 Å². The third-order valence-corrected chi connectivity index (χ3v) is 2.86. The topological polar surface area (TPSA) is 37.3 Å². The van der Waals surface area contributed by atoms with Gasteiger partial charge in [0.2, 0.25) is 0 Å². The molecule has 0 amide bonds. The molecule has 0 aliphatic heterocycles. The Morgan fingerprint density at radius 1 is 1.33 bits per heavy atom. The van der Waals surface area contributed by atoms with Crippen molar-refractivity contribution in [1.82, 2.24) is 0 Å². The molecule has 3 aliphatic rings. The summed E-state index contributed by atoms with van der Waals surface area (Å²) < 4.78 is 0. The second-order valence-corrected chi connectivity index (χ2v) is 3.48. The summed E-state index contributed by atoms with van der Waals surface area (Å²) in [5.41, 5.74) is 4.69. The van der Waals surface area contributed by atoms with E-state index in [0.717, 1.165) is 24.8 Å². The van der Waals surface area contributed by atoms with Crippen LogP contribution in [-0.4, -0.2) is 11.1 Å². The van der Waals surface area contributed by atoms with Gasteiger partial charge in [0.1, 0.15) is 0 Å². The third kappa shape index (κ3) is 0.909. The highest BCUT2D eigenvalue weighted by Gasteiger charge is 2.30. The van der Waals surface area contributed by atoms with Crippen molar-refractivity contribution in [1.29, 1.82) is 0 Å². The van der Waals surface area contributed by atoms with Gasteiger partial charge in [-0.2, -0.15) is 0 Å². The van der Waals surface area contributed by atoms with Gasteiger partial charge in [-0.25, -0.2) is 4.79 Å². The molecule has 2 nitrogen and oxygen atoms in total. The van der Waals surface area contributed by atoms with Crippen molar-refractivity contribution in [3.05, 3.63) is 22.3 Å².